The number of carbonyl (C=O) groups excluding carboxylic acids is 1. The second-order valence-corrected chi connectivity index (χ2v) is 6.76. The van der Waals surface area contributed by atoms with Crippen LogP contribution in [0.2, 0.25) is 0 Å². The number of benzene rings is 2. The second kappa shape index (κ2) is 8.26. The van der Waals surface area contributed by atoms with Crippen molar-refractivity contribution in [3.63, 3.8) is 0 Å². The number of hydrogen-bond donors (Lipinski definition) is 1. The van der Waals surface area contributed by atoms with Gasteiger partial charge in [0.25, 0.3) is 5.91 Å². The molecule has 23 heavy (non-hydrogen) atoms. The summed E-state index contributed by atoms with van der Waals surface area (Å²) in [6.45, 7) is 3.87. The van der Waals surface area contributed by atoms with E-state index in [0.29, 0.717) is 5.75 Å². The highest BCUT2D eigenvalue weighted by molar-refractivity contribution is 9.11. The normalized spacial score (nSPS) is 10.8. The topological polar surface area (TPSA) is 50.7 Å². The lowest BCUT2D eigenvalue weighted by Gasteiger charge is -2.10. The molecular weight excluding hydrogens is 424 g/mol. The van der Waals surface area contributed by atoms with Crippen LogP contribution in [-0.4, -0.2) is 18.7 Å². The van der Waals surface area contributed by atoms with E-state index in [1.54, 1.807) is 6.21 Å². The van der Waals surface area contributed by atoms with Crippen LogP contribution in [0.3, 0.4) is 0 Å². The zero-order valence-corrected chi connectivity index (χ0v) is 15.9. The van der Waals surface area contributed by atoms with E-state index in [-0.39, 0.29) is 12.5 Å². The smallest absolute Gasteiger partial charge is 0.277 e. The maximum Gasteiger partial charge on any atom is 0.277 e. The van der Waals surface area contributed by atoms with Crippen LogP contribution in [0.4, 0.5) is 0 Å². The molecule has 0 atom stereocenters. The molecule has 2 rings (SSSR count). The van der Waals surface area contributed by atoms with Crippen LogP contribution in [0.15, 0.2) is 50.4 Å². The predicted molar refractivity (Wildman–Crippen MR) is 99.0 cm³/mol. The van der Waals surface area contributed by atoms with E-state index in [0.717, 1.165) is 20.1 Å². The van der Waals surface area contributed by atoms with Gasteiger partial charge in [-0.15, -0.1) is 0 Å². The summed E-state index contributed by atoms with van der Waals surface area (Å²) in [5, 5.41) is 3.91. The van der Waals surface area contributed by atoms with Gasteiger partial charge in [0.2, 0.25) is 0 Å². The molecule has 0 aliphatic carbocycles. The predicted octanol–water partition coefficient (Wildman–Crippen LogP) is 4.36. The molecule has 0 bridgehead atoms. The molecule has 1 amide bonds. The van der Waals surface area contributed by atoms with Crippen molar-refractivity contribution >= 4 is 44.0 Å². The Morgan fingerprint density at radius 2 is 1.74 bits per heavy atom. The molecule has 0 spiro atoms. The van der Waals surface area contributed by atoms with Crippen LogP contribution in [0, 0.1) is 13.8 Å². The first-order valence-corrected chi connectivity index (χ1v) is 8.51. The molecule has 0 saturated carbocycles. The summed E-state index contributed by atoms with van der Waals surface area (Å²) in [5.41, 5.74) is 5.62. The van der Waals surface area contributed by atoms with E-state index in [9.17, 15) is 4.79 Å². The third-order valence-corrected chi connectivity index (χ3v) is 4.15. The van der Waals surface area contributed by atoms with Gasteiger partial charge in [0.15, 0.2) is 6.61 Å². The Kier molecular flexibility index (Phi) is 6.36. The lowest BCUT2D eigenvalue weighted by Crippen LogP contribution is -2.24. The van der Waals surface area contributed by atoms with Gasteiger partial charge in [-0.1, -0.05) is 29.8 Å². The van der Waals surface area contributed by atoms with Gasteiger partial charge in [-0.2, -0.15) is 5.10 Å². The lowest BCUT2D eigenvalue weighted by atomic mass is 10.2. The molecule has 6 heteroatoms. The van der Waals surface area contributed by atoms with Crippen LogP contribution >= 0.6 is 31.9 Å². The summed E-state index contributed by atoms with van der Waals surface area (Å²) >= 11 is 6.84. The quantitative estimate of drug-likeness (QED) is 0.555. The van der Waals surface area contributed by atoms with Gasteiger partial charge in [-0.25, -0.2) is 5.43 Å². The largest absolute Gasteiger partial charge is 0.481 e. The first-order valence-electron chi connectivity index (χ1n) is 6.92. The molecule has 0 radical (unpaired) electrons. The van der Waals surface area contributed by atoms with Crippen molar-refractivity contribution in [1.29, 1.82) is 0 Å². The number of hydrogen-bond acceptors (Lipinski definition) is 3. The Labute approximate surface area is 152 Å². The van der Waals surface area contributed by atoms with E-state index in [2.05, 4.69) is 42.4 Å². The molecule has 0 aliphatic heterocycles. The van der Waals surface area contributed by atoms with Gasteiger partial charge in [-0.05, 0) is 69.0 Å². The monoisotopic (exact) mass is 438 g/mol. The third-order valence-electron chi connectivity index (χ3n) is 2.97. The maximum atomic E-state index is 11.8. The molecule has 4 nitrogen and oxygen atoms in total. The minimum absolute atomic E-state index is 0.120. The summed E-state index contributed by atoms with van der Waals surface area (Å²) in [6, 6.07) is 11.7. The van der Waals surface area contributed by atoms with Gasteiger partial charge in [0, 0.05) is 0 Å². The zero-order chi connectivity index (χ0) is 16.8. The highest BCUT2D eigenvalue weighted by Crippen LogP contribution is 2.34. The summed E-state index contributed by atoms with van der Waals surface area (Å²) in [5.74, 6) is 0.265. The van der Waals surface area contributed by atoms with Gasteiger partial charge in [-0.3, -0.25) is 4.79 Å². The van der Waals surface area contributed by atoms with Crippen molar-refractivity contribution in [2.75, 3.05) is 6.61 Å². The van der Waals surface area contributed by atoms with Gasteiger partial charge >= 0.3 is 0 Å². The average Bonchev–Trinajstić information content (AvgIpc) is 2.48. The molecule has 0 unspecified atom stereocenters. The lowest BCUT2D eigenvalue weighted by molar-refractivity contribution is -0.123. The van der Waals surface area contributed by atoms with E-state index in [1.807, 2.05) is 50.2 Å². The first kappa shape index (κ1) is 17.7. The molecule has 2 aromatic rings. The van der Waals surface area contributed by atoms with Crippen molar-refractivity contribution in [3.05, 3.63) is 62.0 Å². The number of nitrogens with zero attached hydrogens (tertiary/aromatic N) is 1. The SMILES string of the molecule is Cc1ccc(C=NNC(=O)COc2c(Br)cc(C)cc2Br)cc1. The molecule has 0 saturated heterocycles. The first-order chi connectivity index (χ1) is 11.0. The molecule has 120 valence electrons. The number of halogens is 2. The summed E-state index contributed by atoms with van der Waals surface area (Å²) in [7, 11) is 0. The number of rotatable bonds is 5. The Bertz CT molecular complexity index is 705. The van der Waals surface area contributed by atoms with E-state index in [4.69, 9.17) is 4.74 Å². The van der Waals surface area contributed by atoms with E-state index in [1.165, 1.54) is 5.56 Å². The highest BCUT2D eigenvalue weighted by Gasteiger charge is 2.09. The number of nitrogens with one attached hydrogen (secondary N) is 1. The fraction of sp³-hybridized carbons (Fsp3) is 0.176. The van der Waals surface area contributed by atoms with Crippen molar-refractivity contribution in [3.8, 4) is 5.75 Å². The number of ether oxygens (including phenoxy) is 1. The molecule has 0 aliphatic rings. The molecule has 0 aromatic heterocycles. The molecule has 0 heterocycles. The van der Waals surface area contributed by atoms with Crippen molar-refractivity contribution < 1.29 is 9.53 Å². The number of carbonyl (C=O) groups is 1. The van der Waals surface area contributed by atoms with Crippen LogP contribution in [0.1, 0.15) is 16.7 Å². The number of amides is 1. The van der Waals surface area contributed by atoms with Crippen molar-refractivity contribution in [1.82, 2.24) is 5.43 Å². The van der Waals surface area contributed by atoms with Crippen LogP contribution in [0.5, 0.6) is 5.75 Å². The minimum atomic E-state index is -0.326. The van der Waals surface area contributed by atoms with Crippen LogP contribution in [-0.2, 0) is 4.79 Å². The zero-order valence-electron chi connectivity index (χ0n) is 12.8. The Morgan fingerprint density at radius 3 is 2.35 bits per heavy atom. The van der Waals surface area contributed by atoms with Crippen molar-refractivity contribution in [2.45, 2.75) is 13.8 Å². The fourth-order valence-corrected chi connectivity index (χ4v) is 3.47. The molecule has 2 aromatic carbocycles. The van der Waals surface area contributed by atoms with E-state index < -0.39 is 0 Å². The maximum absolute atomic E-state index is 11.8. The van der Waals surface area contributed by atoms with Crippen molar-refractivity contribution in [2.24, 2.45) is 5.10 Å². The molecule has 1 N–H and O–H groups in total. The van der Waals surface area contributed by atoms with Gasteiger partial charge in [0.05, 0.1) is 15.2 Å². The third kappa shape index (κ3) is 5.48. The Hall–Kier alpha value is -1.66. The second-order valence-electron chi connectivity index (χ2n) is 5.05. The van der Waals surface area contributed by atoms with Gasteiger partial charge in [0.1, 0.15) is 5.75 Å². The summed E-state index contributed by atoms with van der Waals surface area (Å²) < 4.78 is 7.11. The average molecular weight is 440 g/mol. The highest BCUT2D eigenvalue weighted by atomic mass is 79.9. The summed E-state index contributed by atoms with van der Waals surface area (Å²) in [6.07, 6.45) is 1.59. The fourth-order valence-electron chi connectivity index (χ4n) is 1.83. The van der Waals surface area contributed by atoms with Crippen LogP contribution in [0.25, 0.3) is 0 Å². The van der Waals surface area contributed by atoms with Crippen LogP contribution < -0.4 is 10.2 Å². The number of aryl methyl sites for hydroxylation is 2. The Morgan fingerprint density at radius 1 is 1.13 bits per heavy atom. The van der Waals surface area contributed by atoms with E-state index >= 15 is 0 Å². The number of hydrazone groups is 1. The standard InChI is InChI=1S/C17H16Br2N2O2/c1-11-3-5-13(6-4-11)9-20-21-16(22)10-23-17-14(18)7-12(2)8-15(17)19/h3-9H,10H2,1-2H3,(H,21,22). The minimum Gasteiger partial charge on any atom is -0.481 e. The Balaban J connectivity index is 1.87. The molecular formula is C17H16Br2N2O2. The molecule has 0 fully saturated rings. The summed E-state index contributed by atoms with van der Waals surface area (Å²) in [4.78, 5) is 11.8. The van der Waals surface area contributed by atoms with Gasteiger partial charge < -0.3 is 4.74 Å².